The van der Waals surface area contributed by atoms with Crippen LogP contribution in [-0.2, 0) is 4.74 Å². The number of nitrogens with one attached hydrogen (secondary N) is 1. The summed E-state index contributed by atoms with van der Waals surface area (Å²) in [6, 6.07) is 4.49. The van der Waals surface area contributed by atoms with Gasteiger partial charge in [0.05, 0.1) is 7.11 Å². The molecule has 0 bridgehead atoms. The number of aromatic nitrogens is 1. The Morgan fingerprint density at radius 2 is 2.33 bits per heavy atom. The zero-order chi connectivity index (χ0) is 14.7. The second kappa shape index (κ2) is 6.43. The van der Waals surface area contributed by atoms with Crippen molar-refractivity contribution in [3.05, 3.63) is 24.0 Å². The second-order valence-corrected chi connectivity index (χ2v) is 5.94. The summed E-state index contributed by atoms with van der Waals surface area (Å²) in [5, 5.41) is 3.62. The highest BCUT2D eigenvalue weighted by molar-refractivity contribution is 5.88. The van der Waals surface area contributed by atoms with Crippen LogP contribution >= 0.6 is 0 Å². The first-order valence-electron chi connectivity index (χ1n) is 7.80. The highest BCUT2D eigenvalue weighted by Crippen LogP contribution is 2.28. The number of methoxy groups -OCH3 is 1. The Kier molecular flexibility index (Phi) is 4.39. The number of hydrogen-bond acceptors (Lipinski definition) is 5. The maximum absolute atomic E-state index is 11.6. The Labute approximate surface area is 125 Å². The van der Waals surface area contributed by atoms with Crippen LogP contribution in [-0.4, -0.2) is 43.7 Å². The van der Waals surface area contributed by atoms with Gasteiger partial charge in [0.2, 0.25) is 0 Å². The minimum absolute atomic E-state index is 0.372. The summed E-state index contributed by atoms with van der Waals surface area (Å²) in [6.45, 7) is 3.26. The van der Waals surface area contributed by atoms with Gasteiger partial charge < -0.3 is 15.0 Å². The standard InChI is InChI=1S/C16H23N3O2/c1-21-16(20)15-10-13(6-8-18-15)19-9-3-4-12(11-19)14-5-2-7-17-14/h6,8,10,12,14,17H,2-5,7,9,11H2,1H3. The fraction of sp³-hybridized carbons (Fsp3) is 0.625. The van der Waals surface area contributed by atoms with Crippen LogP contribution in [0.5, 0.6) is 0 Å². The minimum atomic E-state index is -0.372. The van der Waals surface area contributed by atoms with Crippen molar-refractivity contribution in [2.45, 2.75) is 31.7 Å². The molecule has 0 aromatic carbocycles. The second-order valence-electron chi connectivity index (χ2n) is 5.94. The quantitative estimate of drug-likeness (QED) is 0.861. The van der Waals surface area contributed by atoms with Crippen LogP contribution in [0.2, 0.25) is 0 Å². The molecule has 1 aromatic heterocycles. The Morgan fingerprint density at radius 3 is 3.10 bits per heavy atom. The first kappa shape index (κ1) is 14.3. The molecule has 2 unspecified atom stereocenters. The van der Waals surface area contributed by atoms with Crippen molar-refractivity contribution in [3.8, 4) is 0 Å². The molecule has 21 heavy (non-hydrogen) atoms. The lowest BCUT2D eigenvalue weighted by Gasteiger charge is -2.37. The maximum Gasteiger partial charge on any atom is 0.356 e. The molecule has 114 valence electrons. The van der Waals surface area contributed by atoms with Gasteiger partial charge in [0, 0.05) is 31.0 Å². The van der Waals surface area contributed by atoms with E-state index in [2.05, 4.69) is 15.2 Å². The van der Waals surface area contributed by atoms with Gasteiger partial charge in [-0.3, -0.25) is 0 Å². The van der Waals surface area contributed by atoms with Crippen LogP contribution in [0, 0.1) is 5.92 Å². The molecule has 2 atom stereocenters. The Balaban J connectivity index is 1.72. The predicted molar refractivity (Wildman–Crippen MR) is 81.5 cm³/mol. The van der Waals surface area contributed by atoms with Crippen molar-refractivity contribution in [1.82, 2.24) is 10.3 Å². The fourth-order valence-electron chi connectivity index (χ4n) is 3.52. The Bertz CT molecular complexity index is 500. The van der Waals surface area contributed by atoms with Gasteiger partial charge in [-0.15, -0.1) is 0 Å². The van der Waals surface area contributed by atoms with Gasteiger partial charge in [-0.1, -0.05) is 0 Å². The molecule has 0 saturated carbocycles. The zero-order valence-corrected chi connectivity index (χ0v) is 12.5. The smallest absolute Gasteiger partial charge is 0.356 e. The van der Waals surface area contributed by atoms with Gasteiger partial charge in [-0.05, 0) is 50.3 Å². The molecule has 3 heterocycles. The normalized spacial score (nSPS) is 25.9. The molecule has 2 aliphatic rings. The molecule has 0 aliphatic carbocycles. The molecule has 5 nitrogen and oxygen atoms in total. The molecular formula is C16H23N3O2. The van der Waals surface area contributed by atoms with Gasteiger partial charge in [0.25, 0.3) is 0 Å². The number of pyridine rings is 1. The van der Waals surface area contributed by atoms with E-state index >= 15 is 0 Å². The largest absolute Gasteiger partial charge is 0.464 e. The Morgan fingerprint density at radius 1 is 1.43 bits per heavy atom. The summed E-state index contributed by atoms with van der Waals surface area (Å²) in [7, 11) is 1.39. The molecule has 0 radical (unpaired) electrons. The van der Waals surface area contributed by atoms with Gasteiger partial charge in [-0.2, -0.15) is 0 Å². The first-order chi connectivity index (χ1) is 10.3. The minimum Gasteiger partial charge on any atom is -0.464 e. The van der Waals surface area contributed by atoms with Crippen LogP contribution < -0.4 is 10.2 Å². The average molecular weight is 289 g/mol. The molecular weight excluding hydrogens is 266 g/mol. The Hall–Kier alpha value is -1.62. The molecule has 0 spiro atoms. The topological polar surface area (TPSA) is 54.5 Å². The lowest BCUT2D eigenvalue weighted by molar-refractivity contribution is 0.0594. The number of carbonyl (C=O) groups excluding carboxylic acids is 1. The van der Waals surface area contributed by atoms with Crippen molar-refractivity contribution >= 4 is 11.7 Å². The summed E-state index contributed by atoms with van der Waals surface area (Å²) in [6.07, 6.45) is 6.78. The SMILES string of the molecule is COC(=O)c1cc(N2CCCC(C3CCCN3)C2)ccn1. The number of nitrogens with zero attached hydrogens (tertiary/aromatic N) is 2. The zero-order valence-electron chi connectivity index (χ0n) is 12.5. The van der Waals surface area contributed by atoms with E-state index < -0.39 is 0 Å². The van der Waals surface area contributed by atoms with Crippen LogP contribution in [0.15, 0.2) is 18.3 Å². The number of piperidine rings is 1. The van der Waals surface area contributed by atoms with Crippen LogP contribution in [0.4, 0.5) is 5.69 Å². The third kappa shape index (κ3) is 3.18. The number of hydrogen-bond donors (Lipinski definition) is 1. The third-order valence-electron chi connectivity index (χ3n) is 4.63. The molecule has 1 aromatic rings. The van der Waals surface area contributed by atoms with E-state index in [9.17, 15) is 4.79 Å². The summed E-state index contributed by atoms with van der Waals surface area (Å²) < 4.78 is 4.75. The van der Waals surface area contributed by atoms with Crippen molar-refractivity contribution in [2.24, 2.45) is 5.92 Å². The van der Waals surface area contributed by atoms with Gasteiger partial charge in [0.15, 0.2) is 0 Å². The molecule has 5 heteroatoms. The summed E-state index contributed by atoms with van der Waals surface area (Å²) in [4.78, 5) is 18.1. The van der Waals surface area contributed by atoms with Crippen molar-refractivity contribution < 1.29 is 9.53 Å². The lowest BCUT2D eigenvalue weighted by Crippen LogP contribution is -2.43. The number of esters is 1. The molecule has 0 amide bonds. The highest BCUT2D eigenvalue weighted by atomic mass is 16.5. The summed E-state index contributed by atoms with van der Waals surface area (Å²) in [5.74, 6) is 0.332. The molecule has 2 aliphatic heterocycles. The van der Waals surface area contributed by atoms with Crippen molar-refractivity contribution in [3.63, 3.8) is 0 Å². The lowest BCUT2D eigenvalue weighted by atomic mass is 9.89. The van der Waals surface area contributed by atoms with E-state index in [-0.39, 0.29) is 5.97 Å². The van der Waals surface area contributed by atoms with E-state index in [1.165, 1.54) is 32.8 Å². The van der Waals surface area contributed by atoms with Crippen LogP contribution in [0.1, 0.15) is 36.2 Å². The number of anilines is 1. The van der Waals surface area contributed by atoms with Crippen LogP contribution in [0.25, 0.3) is 0 Å². The monoisotopic (exact) mass is 289 g/mol. The molecule has 2 fully saturated rings. The van der Waals surface area contributed by atoms with E-state index in [4.69, 9.17) is 4.74 Å². The van der Waals surface area contributed by atoms with E-state index in [1.807, 2.05) is 12.1 Å². The number of rotatable bonds is 3. The van der Waals surface area contributed by atoms with E-state index in [0.717, 1.165) is 25.3 Å². The highest BCUT2D eigenvalue weighted by Gasteiger charge is 2.29. The van der Waals surface area contributed by atoms with Crippen molar-refractivity contribution in [1.29, 1.82) is 0 Å². The molecule has 2 saturated heterocycles. The summed E-state index contributed by atoms with van der Waals surface area (Å²) in [5.41, 5.74) is 1.46. The summed E-state index contributed by atoms with van der Waals surface area (Å²) >= 11 is 0. The maximum atomic E-state index is 11.6. The first-order valence-corrected chi connectivity index (χ1v) is 7.80. The number of carbonyl (C=O) groups is 1. The van der Waals surface area contributed by atoms with Gasteiger partial charge in [-0.25, -0.2) is 9.78 Å². The van der Waals surface area contributed by atoms with Gasteiger partial charge in [0.1, 0.15) is 5.69 Å². The molecule has 1 N–H and O–H groups in total. The van der Waals surface area contributed by atoms with E-state index in [1.54, 1.807) is 6.20 Å². The number of ether oxygens (including phenoxy) is 1. The van der Waals surface area contributed by atoms with Gasteiger partial charge >= 0.3 is 5.97 Å². The third-order valence-corrected chi connectivity index (χ3v) is 4.63. The predicted octanol–water partition coefficient (Wildman–Crippen LogP) is 1.84. The average Bonchev–Trinajstić information content (AvgIpc) is 3.09. The van der Waals surface area contributed by atoms with Crippen LogP contribution in [0.3, 0.4) is 0 Å². The fourth-order valence-corrected chi connectivity index (χ4v) is 3.52. The van der Waals surface area contributed by atoms with E-state index in [0.29, 0.717) is 17.7 Å². The molecule has 3 rings (SSSR count). The van der Waals surface area contributed by atoms with Crippen molar-refractivity contribution in [2.75, 3.05) is 31.6 Å².